The molecule has 4 atom stereocenters. The van der Waals surface area contributed by atoms with Crippen LogP contribution in [0.1, 0.15) is 70.2 Å². The molecule has 2 unspecified atom stereocenters. The fourth-order valence-corrected chi connectivity index (χ4v) is 16.5. The molecule has 0 amide bonds. The maximum atomic E-state index is 14.3. The van der Waals surface area contributed by atoms with Crippen LogP contribution in [0.2, 0.25) is 25.8 Å². The van der Waals surface area contributed by atoms with Crippen LogP contribution in [-0.2, 0) is 41.1 Å². The molecular weight excluding hydrogens is 1880 g/mol. The fourth-order valence-electron chi connectivity index (χ4n) is 13.8. The third-order valence-electron chi connectivity index (χ3n) is 18.4. The van der Waals surface area contributed by atoms with Crippen LogP contribution in [0, 0.1) is 29.7 Å². The standard InChI is InChI=1S/4C15H10BrClFN3O2.C12H4BrClFNO2/c4*16-7-1-2-10-8(5-7)15(3-4-22-14(19)21-15)9-6-11(17)20-13(18)12(9)23-10;13-5-1-2-8-6(3-5)10(17)7-4-9(14)16-12(15)11(7)18-8/h4*1-2,5-6H,3-4H2,(H2,19,21);1-4H/t2*15-;;;/m10.../s1. The maximum Gasteiger partial charge on any atom is 0.283 e. The number of aromatic nitrogens is 5. The predicted molar refractivity (Wildman–Crippen MR) is 416 cm³/mol. The first-order valence-electron chi connectivity index (χ1n) is 32.2. The van der Waals surface area contributed by atoms with E-state index >= 15 is 0 Å². The van der Waals surface area contributed by atoms with E-state index in [1.54, 1.807) is 66.7 Å². The first kappa shape index (κ1) is 76.5. The molecule has 11 aromatic rings. The van der Waals surface area contributed by atoms with Crippen LogP contribution in [0.3, 0.4) is 0 Å². The molecule has 4 spiro atoms. The van der Waals surface area contributed by atoms with E-state index in [1.807, 2.05) is 48.5 Å². The van der Waals surface area contributed by atoms with E-state index in [1.165, 1.54) is 6.07 Å². The molecule has 8 aliphatic heterocycles. The largest absolute Gasteiger partial charge is 0.465 e. The quantitative estimate of drug-likeness (QED) is 0.0622. The number of ether oxygens (including phenoxy) is 8. The number of amidine groups is 4. The number of halogens is 15. The van der Waals surface area contributed by atoms with Crippen molar-refractivity contribution in [2.45, 2.75) is 47.8 Å². The Morgan fingerprint density at radius 2 is 0.600 bits per heavy atom. The third-order valence-corrected chi connectivity index (χ3v) is 21.8. The van der Waals surface area contributed by atoms with Gasteiger partial charge >= 0.3 is 0 Å². The van der Waals surface area contributed by atoms with Gasteiger partial charge in [-0.15, -0.1) is 0 Å². The van der Waals surface area contributed by atoms with Crippen LogP contribution in [-0.4, -0.2) is 75.4 Å². The molecule has 562 valence electrons. The highest BCUT2D eigenvalue weighted by Gasteiger charge is 2.51. The van der Waals surface area contributed by atoms with Gasteiger partial charge in [0.05, 0.1) is 37.2 Å². The van der Waals surface area contributed by atoms with Gasteiger partial charge in [0.25, 0.3) is 53.8 Å². The summed E-state index contributed by atoms with van der Waals surface area (Å²) in [6, 6.07) is 34.4. The molecule has 0 saturated carbocycles. The van der Waals surface area contributed by atoms with Gasteiger partial charge in [0, 0.05) is 92.6 Å². The summed E-state index contributed by atoms with van der Waals surface area (Å²) in [6.45, 7) is 1.40. The van der Waals surface area contributed by atoms with Crippen LogP contribution in [0.15, 0.2) is 173 Å². The van der Waals surface area contributed by atoms with Crippen LogP contribution < -0.4 is 47.3 Å². The molecule has 0 saturated heterocycles. The van der Waals surface area contributed by atoms with Crippen molar-refractivity contribution >= 4 is 184 Å². The SMILES string of the molecule is NC1=NC2(CCO1)c1cc(Br)ccc1Oc1c2cc(Cl)nc1F.NC1=NC2(CCO1)c1cc(Br)ccc1Oc1c2cc(Cl)nc1F.NC1=N[C@@]2(CCO1)c1cc(Br)ccc1Oc1c2cc(Cl)nc1F.NC1=N[C@]2(CCO1)c1cc(Br)ccc1Oc1c2cc(Cl)nc1F.O=c1c2cc(Br)ccc2oc2c(F)nc(Cl)cc12. The Bertz CT molecular complexity index is 5370. The average molecular weight is 1920 g/mol. The monoisotopic (exact) mass is 1910 g/mol. The summed E-state index contributed by atoms with van der Waals surface area (Å²) in [7, 11) is 0. The van der Waals surface area contributed by atoms with E-state index in [-0.39, 0.29) is 89.2 Å². The number of aliphatic imine (C=N–C) groups is 4. The zero-order valence-corrected chi connectivity index (χ0v) is 67.0. The van der Waals surface area contributed by atoms with Gasteiger partial charge in [-0.25, -0.2) is 44.9 Å². The van der Waals surface area contributed by atoms with Crippen LogP contribution in [0.4, 0.5) is 22.0 Å². The lowest BCUT2D eigenvalue weighted by atomic mass is 9.78. The lowest BCUT2D eigenvalue weighted by molar-refractivity contribution is 0.217. The number of rotatable bonds is 0. The summed E-state index contributed by atoms with van der Waals surface area (Å²) < 4.78 is 124. The lowest BCUT2D eigenvalue weighted by Gasteiger charge is -2.39. The van der Waals surface area contributed by atoms with E-state index in [0.29, 0.717) is 108 Å². The lowest BCUT2D eigenvalue weighted by Crippen LogP contribution is -2.39. The molecule has 8 aliphatic rings. The van der Waals surface area contributed by atoms with E-state index < -0.39 is 51.9 Å². The molecular formula is C72H44Br5Cl5F5N13O10. The molecule has 38 heteroatoms. The van der Waals surface area contributed by atoms with Crippen molar-refractivity contribution in [2.24, 2.45) is 42.9 Å². The summed E-state index contributed by atoms with van der Waals surface area (Å²) in [4.78, 5) is 48.1. The minimum atomic E-state index is -0.914. The van der Waals surface area contributed by atoms with Crippen molar-refractivity contribution in [3.05, 3.63) is 254 Å². The van der Waals surface area contributed by atoms with Crippen LogP contribution in [0.25, 0.3) is 21.9 Å². The van der Waals surface area contributed by atoms with E-state index in [9.17, 15) is 26.7 Å². The number of nitrogens with two attached hydrogens (primary N) is 4. The van der Waals surface area contributed by atoms with E-state index in [0.717, 1.165) is 44.6 Å². The first-order chi connectivity index (χ1) is 52.5. The number of pyridine rings is 5. The molecule has 19 rings (SSSR count). The molecule has 0 fully saturated rings. The Morgan fingerprint density at radius 1 is 0.336 bits per heavy atom. The fraction of sp³-hybridized carbons (Fsp3) is 0.167. The summed E-state index contributed by atoms with van der Waals surface area (Å²) >= 11 is 46.5. The molecule has 6 aromatic heterocycles. The zero-order valence-electron chi connectivity index (χ0n) is 55.3. The Hall–Kier alpha value is -8.90. The van der Waals surface area contributed by atoms with Gasteiger partial charge in [-0.2, -0.15) is 22.0 Å². The van der Waals surface area contributed by atoms with Gasteiger partial charge in [-0.05, 0) is 121 Å². The number of hydrogen-bond donors (Lipinski definition) is 4. The van der Waals surface area contributed by atoms with Crippen molar-refractivity contribution in [3.8, 4) is 46.0 Å². The maximum absolute atomic E-state index is 14.3. The molecule has 0 bridgehead atoms. The molecule has 23 nitrogen and oxygen atoms in total. The van der Waals surface area contributed by atoms with Gasteiger partial charge in [0.15, 0.2) is 28.6 Å². The van der Waals surface area contributed by atoms with Crippen molar-refractivity contribution in [3.63, 3.8) is 0 Å². The Kier molecular flexibility index (Phi) is 20.8. The molecule has 110 heavy (non-hydrogen) atoms. The molecule has 0 radical (unpaired) electrons. The van der Waals surface area contributed by atoms with Crippen molar-refractivity contribution in [2.75, 3.05) is 26.4 Å². The number of benzene rings is 5. The number of fused-ring (bicyclic) bond motifs is 18. The number of nitrogens with zero attached hydrogens (tertiary/aromatic N) is 9. The second kappa shape index (κ2) is 30.0. The zero-order chi connectivity index (χ0) is 77.6. The summed E-state index contributed by atoms with van der Waals surface area (Å²) in [5.41, 5.74) is 24.4. The van der Waals surface area contributed by atoms with Gasteiger partial charge in [-0.1, -0.05) is 138 Å². The predicted octanol–water partition coefficient (Wildman–Crippen LogP) is 18.8. The third kappa shape index (κ3) is 14.1. The van der Waals surface area contributed by atoms with Crippen molar-refractivity contribution in [1.82, 2.24) is 24.9 Å². The summed E-state index contributed by atoms with van der Waals surface area (Å²) in [5, 5.41) is 0.482. The summed E-state index contributed by atoms with van der Waals surface area (Å²) in [6.07, 6.45) is 1.92. The average Bonchev–Trinajstić information content (AvgIpc) is 0.736. The highest BCUT2D eigenvalue weighted by molar-refractivity contribution is 9.11. The van der Waals surface area contributed by atoms with E-state index in [4.69, 9.17) is 123 Å². The minimum Gasteiger partial charge on any atom is -0.465 e. The molecule has 8 N–H and O–H groups in total. The highest BCUT2D eigenvalue weighted by atomic mass is 79.9. The minimum absolute atomic E-state index is 0.0164. The first-order valence-corrected chi connectivity index (χ1v) is 38.1. The molecule has 0 aliphatic carbocycles. The number of hydrogen-bond acceptors (Lipinski definition) is 23. The van der Waals surface area contributed by atoms with Crippen LogP contribution >= 0.6 is 138 Å². The molecule has 14 heterocycles. The van der Waals surface area contributed by atoms with Gasteiger partial charge < -0.3 is 65.2 Å². The van der Waals surface area contributed by atoms with Crippen molar-refractivity contribution in [1.29, 1.82) is 0 Å². The topological polar surface area (TPSA) is 322 Å². The van der Waals surface area contributed by atoms with Gasteiger partial charge in [0.1, 0.15) is 76.5 Å². The van der Waals surface area contributed by atoms with Crippen LogP contribution in [0.5, 0.6) is 46.0 Å². The molecule has 5 aromatic carbocycles. The summed E-state index contributed by atoms with van der Waals surface area (Å²) in [5.74, 6) is -1.92. The smallest absolute Gasteiger partial charge is 0.283 e. The Morgan fingerprint density at radius 3 is 0.891 bits per heavy atom. The second-order valence-electron chi connectivity index (χ2n) is 24.7. The Labute approximate surface area is 684 Å². The highest BCUT2D eigenvalue weighted by Crippen LogP contribution is 2.58. The van der Waals surface area contributed by atoms with Gasteiger partial charge in [-0.3, -0.25) is 4.79 Å². The van der Waals surface area contributed by atoms with E-state index in [2.05, 4.69) is 125 Å². The van der Waals surface area contributed by atoms with Crippen molar-refractivity contribution < 1.29 is 64.3 Å². The second-order valence-corrected chi connectivity index (χ2v) is 31.3. The Balaban J connectivity index is 0.000000109. The van der Waals surface area contributed by atoms with Gasteiger partial charge in [0.2, 0.25) is 5.43 Å². The normalized spacial score (nSPS) is 20.1.